The van der Waals surface area contributed by atoms with Crippen molar-refractivity contribution < 1.29 is 14.3 Å². The van der Waals surface area contributed by atoms with E-state index in [-0.39, 0.29) is 12.0 Å². The molecule has 1 aromatic heterocycles. The number of hydrogen-bond donors (Lipinski definition) is 1. The molecule has 0 amide bonds. The molecule has 1 fully saturated rings. The van der Waals surface area contributed by atoms with Crippen molar-refractivity contribution in [3.8, 4) is 5.75 Å². The zero-order valence-corrected chi connectivity index (χ0v) is 13.4. The summed E-state index contributed by atoms with van der Waals surface area (Å²) < 4.78 is 10.6. The van der Waals surface area contributed by atoms with E-state index in [4.69, 9.17) is 9.15 Å². The van der Waals surface area contributed by atoms with Gasteiger partial charge in [-0.3, -0.25) is 4.90 Å². The number of aliphatic hydroxyl groups excluding tert-OH is 1. The van der Waals surface area contributed by atoms with Crippen LogP contribution in [0.3, 0.4) is 0 Å². The third-order valence-electron chi connectivity index (χ3n) is 4.38. The third kappa shape index (κ3) is 4.03. The molecule has 3 rings (SSSR count). The Kier molecular flexibility index (Phi) is 5.16. The van der Waals surface area contributed by atoms with Gasteiger partial charge in [0.25, 0.3) is 0 Å². The van der Waals surface area contributed by atoms with Crippen molar-refractivity contribution in [2.75, 3.05) is 26.7 Å². The van der Waals surface area contributed by atoms with Gasteiger partial charge < -0.3 is 14.3 Å². The molecule has 122 valence electrons. The van der Waals surface area contributed by atoms with E-state index in [1.165, 1.54) is 0 Å². The van der Waals surface area contributed by atoms with Gasteiger partial charge in [-0.2, -0.15) is 0 Å². The number of β-amino-alcohol motifs (C(OH)–C–C–N with tert-alkyl or cyclic N) is 1. The van der Waals surface area contributed by atoms with Crippen LogP contribution in [0.2, 0.25) is 0 Å². The summed E-state index contributed by atoms with van der Waals surface area (Å²) in [7, 11) is 1.67. The number of nitrogens with zero attached hydrogens (tertiary/aromatic N) is 1. The number of ether oxygens (including phenoxy) is 1. The van der Waals surface area contributed by atoms with Crippen LogP contribution in [0.1, 0.15) is 23.7 Å². The maximum atomic E-state index is 10.5. The molecule has 4 nitrogen and oxygen atoms in total. The Morgan fingerprint density at radius 1 is 1.35 bits per heavy atom. The van der Waals surface area contributed by atoms with Gasteiger partial charge in [-0.05, 0) is 48.9 Å². The number of furan rings is 1. The van der Waals surface area contributed by atoms with Gasteiger partial charge in [-0.1, -0.05) is 18.2 Å². The molecule has 0 radical (unpaired) electrons. The third-order valence-corrected chi connectivity index (χ3v) is 4.38. The van der Waals surface area contributed by atoms with Gasteiger partial charge in [-0.15, -0.1) is 0 Å². The first-order valence-corrected chi connectivity index (χ1v) is 8.00. The Balaban J connectivity index is 1.56. The smallest absolute Gasteiger partial charge is 0.126 e. The Morgan fingerprint density at radius 3 is 3.00 bits per heavy atom. The van der Waals surface area contributed by atoms with Crippen molar-refractivity contribution in [1.29, 1.82) is 0 Å². The van der Waals surface area contributed by atoms with Gasteiger partial charge in [0.15, 0.2) is 0 Å². The second kappa shape index (κ2) is 7.49. The summed E-state index contributed by atoms with van der Waals surface area (Å²) in [4.78, 5) is 2.26. The zero-order chi connectivity index (χ0) is 16.1. The Bertz CT molecular complexity index is 636. The summed E-state index contributed by atoms with van der Waals surface area (Å²) in [5.41, 5.74) is 1.16. The van der Waals surface area contributed by atoms with E-state index in [0.717, 1.165) is 36.6 Å². The molecule has 2 heterocycles. The molecular weight excluding hydrogens is 290 g/mol. The van der Waals surface area contributed by atoms with Crippen molar-refractivity contribution in [2.45, 2.75) is 18.4 Å². The number of methoxy groups -OCH3 is 1. The highest BCUT2D eigenvalue weighted by atomic mass is 16.5. The predicted octanol–water partition coefficient (Wildman–Crippen LogP) is 3.15. The minimum absolute atomic E-state index is 0.176. The van der Waals surface area contributed by atoms with Gasteiger partial charge in [-0.25, -0.2) is 0 Å². The normalized spacial score (nSPS) is 22.5. The van der Waals surface area contributed by atoms with Gasteiger partial charge in [0.05, 0.1) is 19.5 Å². The Hall–Kier alpha value is -2.04. The van der Waals surface area contributed by atoms with Crippen molar-refractivity contribution in [3.05, 3.63) is 60.1 Å². The molecule has 1 aliphatic heterocycles. The lowest BCUT2D eigenvalue weighted by atomic mass is 9.87. The standard InChI is InChI=1S/C19H23NO3/c1-22-17-6-2-5-15(13-17)18-9-11-20(14-19(18)21)10-3-7-16-8-4-12-23-16/h2-8,12-13,18-19,21H,9-11,14H2,1H3/b7-3+/t18-,19+/m1/s1. The maximum Gasteiger partial charge on any atom is 0.126 e. The second-order valence-electron chi connectivity index (χ2n) is 5.92. The van der Waals surface area contributed by atoms with E-state index in [1.54, 1.807) is 13.4 Å². The zero-order valence-electron chi connectivity index (χ0n) is 13.4. The highest BCUT2D eigenvalue weighted by Crippen LogP contribution is 2.30. The minimum Gasteiger partial charge on any atom is -0.497 e. The molecule has 2 aromatic rings. The number of aliphatic hydroxyl groups is 1. The summed E-state index contributed by atoms with van der Waals surface area (Å²) in [5.74, 6) is 1.88. The SMILES string of the molecule is COc1cccc([C@H]2CCN(C/C=C/c3ccco3)C[C@@H]2O)c1. The molecule has 1 N–H and O–H groups in total. The average Bonchev–Trinajstić information content (AvgIpc) is 3.08. The quantitative estimate of drug-likeness (QED) is 0.921. The molecule has 4 heteroatoms. The first-order valence-electron chi connectivity index (χ1n) is 8.00. The summed E-state index contributed by atoms with van der Waals surface area (Å²) >= 11 is 0. The molecule has 0 saturated carbocycles. The van der Waals surface area contributed by atoms with E-state index in [1.807, 2.05) is 36.4 Å². The van der Waals surface area contributed by atoms with Crippen molar-refractivity contribution in [1.82, 2.24) is 4.90 Å². The lowest BCUT2D eigenvalue weighted by Gasteiger charge is -2.35. The van der Waals surface area contributed by atoms with E-state index in [2.05, 4.69) is 17.0 Å². The average molecular weight is 313 g/mol. The molecule has 0 aliphatic carbocycles. The maximum absolute atomic E-state index is 10.5. The van der Waals surface area contributed by atoms with Gasteiger partial charge in [0, 0.05) is 19.0 Å². The first-order chi connectivity index (χ1) is 11.3. The summed E-state index contributed by atoms with van der Waals surface area (Å²) in [6.07, 6.45) is 6.32. The molecule has 0 bridgehead atoms. The highest BCUT2D eigenvalue weighted by molar-refractivity contribution is 5.42. The largest absolute Gasteiger partial charge is 0.497 e. The van der Waals surface area contributed by atoms with Crippen LogP contribution in [0, 0.1) is 0 Å². The highest BCUT2D eigenvalue weighted by Gasteiger charge is 2.28. The lowest BCUT2D eigenvalue weighted by molar-refractivity contribution is 0.0569. The van der Waals surface area contributed by atoms with E-state index >= 15 is 0 Å². The topological polar surface area (TPSA) is 45.8 Å². The van der Waals surface area contributed by atoms with Crippen LogP contribution in [0.25, 0.3) is 6.08 Å². The molecule has 1 saturated heterocycles. The molecule has 0 spiro atoms. The van der Waals surface area contributed by atoms with Crippen LogP contribution >= 0.6 is 0 Å². The monoisotopic (exact) mass is 313 g/mol. The lowest BCUT2D eigenvalue weighted by Crippen LogP contribution is -2.42. The fraction of sp³-hybridized carbons (Fsp3) is 0.368. The Labute approximate surface area is 137 Å². The summed E-state index contributed by atoms with van der Waals surface area (Å²) in [6, 6.07) is 11.8. The molecule has 2 atom stereocenters. The molecule has 23 heavy (non-hydrogen) atoms. The van der Waals surface area contributed by atoms with Crippen LogP contribution in [0.5, 0.6) is 5.75 Å². The summed E-state index contributed by atoms with van der Waals surface area (Å²) in [6.45, 7) is 2.48. The number of rotatable bonds is 5. The predicted molar refractivity (Wildman–Crippen MR) is 90.5 cm³/mol. The Morgan fingerprint density at radius 2 is 2.26 bits per heavy atom. The molecule has 1 aliphatic rings. The number of likely N-dealkylation sites (tertiary alicyclic amines) is 1. The van der Waals surface area contributed by atoms with Crippen LogP contribution in [0.4, 0.5) is 0 Å². The van der Waals surface area contributed by atoms with Crippen LogP contribution in [0.15, 0.2) is 53.2 Å². The van der Waals surface area contributed by atoms with Crippen LogP contribution < -0.4 is 4.74 Å². The first kappa shape index (κ1) is 15.8. The number of piperidine rings is 1. The van der Waals surface area contributed by atoms with E-state index in [0.29, 0.717) is 6.54 Å². The minimum atomic E-state index is -0.354. The van der Waals surface area contributed by atoms with Crippen molar-refractivity contribution in [2.24, 2.45) is 0 Å². The molecule has 1 aromatic carbocycles. The van der Waals surface area contributed by atoms with E-state index < -0.39 is 0 Å². The van der Waals surface area contributed by atoms with Crippen LogP contribution in [-0.2, 0) is 0 Å². The molecule has 0 unspecified atom stereocenters. The fourth-order valence-electron chi connectivity index (χ4n) is 3.13. The van der Waals surface area contributed by atoms with Gasteiger partial charge in [0.1, 0.15) is 11.5 Å². The summed E-state index contributed by atoms with van der Waals surface area (Å²) in [5, 5.41) is 10.5. The fourth-order valence-corrected chi connectivity index (χ4v) is 3.13. The second-order valence-corrected chi connectivity index (χ2v) is 5.92. The molecular formula is C19H23NO3. The van der Waals surface area contributed by atoms with Crippen LogP contribution in [-0.4, -0.2) is 42.9 Å². The van der Waals surface area contributed by atoms with E-state index in [9.17, 15) is 5.11 Å². The number of hydrogen-bond acceptors (Lipinski definition) is 4. The van der Waals surface area contributed by atoms with Gasteiger partial charge >= 0.3 is 0 Å². The van der Waals surface area contributed by atoms with Crippen molar-refractivity contribution >= 4 is 6.08 Å². The van der Waals surface area contributed by atoms with Gasteiger partial charge in [0.2, 0.25) is 0 Å². The van der Waals surface area contributed by atoms with Crippen molar-refractivity contribution in [3.63, 3.8) is 0 Å². The number of benzene rings is 1.